The lowest BCUT2D eigenvalue weighted by Gasteiger charge is -2.32. The van der Waals surface area contributed by atoms with Crippen LogP contribution in [0.1, 0.15) is 46.5 Å². The predicted octanol–water partition coefficient (Wildman–Crippen LogP) is 2.93. The first-order valence-electron chi connectivity index (χ1n) is 6.11. The summed E-state index contributed by atoms with van der Waals surface area (Å²) in [5.74, 6) is 0.265. The normalized spacial score (nSPS) is 37.1. The predicted molar refractivity (Wildman–Crippen MR) is 62.2 cm³/mol. The minimum absolute atomic E-state index is 0.134. The molecular formula is C14H18O2. The van der Waals surface area contributed by atoms with Crippen LogP contribution >= 0.6 is 0 Å². The minimum atomic E-state index is -0.196. The summed E-state index contributed by atoms with van der Waals surface area (Å²) in [6.07, 6.45) is 3.51. The zero-order chi connectivity index (χ0) is 11.5. The fourth-order valence-corrected chi connectivity index (χ4v) is 3.27. The van der Waals surface area contributed by atoms with Crippen LogP contribution in [0.15, 0.2) is 22.3 Å². The van der Waals surface area contributed by atoms with Crippen LogP contribution in [0.4, 0.5) is 0 Å². The summed E-state index contributed by atoms with van der Waals surface area (Å²) < 4.78 is 6.04. The Balaban J connectivity index is 2.15. The van der Waals surface area contributed by atoms with Crippen molar-refractivity contribution in [3.63, 3.8) is 0 Å². The highest BCUT2D eigenvalue weighted by Crippen LogP contribution is 2.50. The van der Waals surface area contributed by atoms with Gasteiger partial charge in [0.05, 0.1) is 5.60 Å². The molecule has 16 heavy (non-hydrogen) atoms. The molecule has 0 radical (unpaired) electrons. The van der Waals surface area contributed by atoms with E-state index in [9.17, 15) is 4.79 Å². The first-order valence-corrected chi connectivity index (χ1v) is 6.11. The van der Waals surface area contributed by atoms with Crippen molar-refractivity contribution < 1.29 is 9.53 Å². The summed E-state index contributed by atoms with van der Waals surface area (Å²) in [5, 5.41) is 0. The molecule has 0 aromatic heterocycles. The zero-order valence-corrected chi connectivity index (χ0v) is 10.2. The van der Waals surface area contributed by atoms with E-state index in [1.54, 1.807) is 0 Å². The van der Waals surface area contributed by atoms with Crippen molar-refractivity contribution in [3.05, 3.63) is 22.3 Å². The van der Waals surface area contributed by atoms with E-state index in [0.717, 1.165) is 31.3 Å². The van der Waals surface area contributed by atoms with Crippen LogP contribution in [0.2, 0.25) is 0 Å². The molecule has 4 rings (SSSR count). The van der Waals surface area contributed by atoms with Crippen LogP contribution in [0, 0.1) is 0 Å². The molecule has 1 unspecified atom stereocenters. The molecule has 2 heteroatoms. The maximum atomic E-state index is 12.2. The molecule has 2 nitrogen and oxygen atoms in total. The van der Waals surface area contributed by atoms with Gasteiger partial charge in [-0.05, 0) is 45.6 Å². The summed E-state index contributed by atoms with van der Waals surface area (Å²) in [7, 11) is 0. The molecule has 86 valence electrons. The maximum absolute atomic E-state index is 12.2. The highest BCUT2D eigenvalue weighted by Gasteiger charge is 2.50. The Labute approximate surface area is 96.4 Å². The van der Waals surface area contributed by atoms with E-state index in [2.05, 4.69) is 20.8 Å². The Bertz CT molecular complexity index is 438. The zero-order valence-electron chi connectivity index (χ0n) is 10.2. The number of hydrogen-bond acceptors (Lipinski definition) is 2. The minimum Gasteiger partial charge on any atom is -0.359 e. The molecule has 0 N–H and O–H groups in total. The molecule has 2 aliphatic carbocycles. The Kier molecular flexibility index (Phi) is 1.97. The summed E-state index contributed by atoms with van der Waals surface area (Å²) in [4.78, 5) is 12.2. The van der Waals surface area contributed by atoms with Crippen LogP contribution in [-0.2, 0) is 9.53 Å². The molecule has 2 heterocycles. The first kappa shape index (κ1) is 10.3. The quantitative estimate of drug-likeness (QED) is 0.584. The Morgan fingerprint density at radius 3 is 2.88 bits per heavy atom. The fourth-order valence-electron chi connectivity index (χ4n) is 3.27. The van der Waals surface area contributed by atoms with Crippen molar-refractivity contribution in [3.8, 4) is 0 Å². The van der Waals surface area contributed by atoms with Gasteiger partial charge in [-0.1, -0.05) is 11.1 Å². The highest BCUT2D eigenvalue weighted by atomic mass is 16.5. The van der Waals surface area contributed by atoms with Crippen molar-refractivity contribution in [2.45, 2.75) is 58.2 Å². The molecule has 2 atom stereocenters. The summed E-state index contributed by atoms with van der Waals surface area (Å²) in [6, 6.07) is 0. The largest absolute Gasteiger partial charge is 0.359 e. The van der Waals surface area contributed by atoms with Gasteiger partial charge in [0.2, 0.25) is 0 Å². The van der Waals surface area contributed by atoms with Crippen LogP contribution < -0.4 is 0 Å². The van der Waals surface area contributed by atoms with Gasteiger partial charge in [0.15, 0.2) is 5.78 Å². The average Bonchev–Trinajstić information content (AvgIpc) is 2.38. The smallest absolute Gasteiger partial charge is 0.187 e. The maximum Gasteiger partial charge on any atom is 0.187 e. The number of allylic oxidation sites excluding steroid dienone is 1. The number of carbonyl (C=O) groups is 1. The Hall–Kier alpha value is -0.890. The summed E-state index contributed by atoms with van der Waals surface area (Å²) >= 11 is 0. The Morgan fingerprint density at radius 1 is 1.44 bits per heavy atom. The lowest BCUT2D eigenvalue weighted by atomic mass is 9.90. The summed E-state index contributed by atoms with van der Waals surface area (Å²) in [5.41, 5.74) is 5.00. The van der Waals surface area contributed by atoms with Gasteiger partial charge in [-0.2, -0.15) is 0 Å². The van der Waals surface area contributed by atoms with Gasteiger partial charge in [0.1, 0.15) is 6.10 Å². The molecule has 4 bridgehead atoms. The van der Waals surface area contributed by atoms with E-state index in [-0.39, 0.29) is 17.5 Å². The van der Waals surface area contributed by atoms with Gasteiger partial charge >= 0.3 is 0 Å². The average molecular weight is 218 g/mol. The monoisotopic (exact) mass is 218 g/mol. The van der Waals surface area contributed by atoms with Gasteiger partial charge in [0.25, 0.3) is 0 Å². The number of ether oxygens (including phenoxy) is 1. The number of hydrogen-bond donors (Lipinski definition) is 0. The van der Waals surface area contributed by atoms with Crippen LogP contribution in [0.3, 0.4) is 0 Å². The molecule has 4 aliphatic rings. The third-order valence-electron chi connectivity index (χ3n) is 4.38. The Morgan fingerprint density at radius 2 is 2.19 bits per heavy atom. The van der Waals surface area contributed by atoms with Crippen LogP contribution in [-0.4, -0.2) is 17.5 Å². The van der Waals surface area contributed by atoms with E-state index in [1.165, 1.54) is 16.7 Å². The molecule has 0 amide bonds. The lowest BCUT2D eigenvalue weighted by Crippen LogP contribution is -2.38. The van der Waals surface area contributed by atoms with Crippen molar-refractivity contribution in [2.24, 2.45) is 0 Å². The second-order valence-electron chi connectivity index (χ2n) is 5.64. The fraction of sp³-hybridized carbons (Fsp3) is 0.643. The number of ketones is 1. The van der Waals surface area contributed by atoms with E-state index >= 15 is 0 Å². The molecule has 0 saturated carbocycles. The van der Waals surface area contributed by atoms with Crippen LogP contribution in [0.25, 0.3) is 0 Å². The van der Waals surface area contributed by atoms with Crippen molar-refractivity contribution >= 4 is 5.78 Å². The van der Waals surface area contributed by atoms with Crippen LogP contribution in [0.5, 0.6) is 0 Å². The van der Waals surface area contributed by atoms with Gasteiger partial charge in [0, 0.05) is 12.0 Å². The highest BCUT2D eigenvalue weighted by molar-refractivity contribution is 6.02. The van der Waals surface area contributed by atoms with Gasteiger partial charge in [-0.25, -0.2) is 0 Å². The number of fused-ring (bicyclic) bond motifs is 2. The SMILES string of the molecule is CC(C)=C1CC2=C3CC[C@@]2(C)OC(C1)C3=O. The molecule has 2 aliphatic heterocycles. The molecule has 0 spiro atoms. The number of Topliss-reactive ketones (excluding diaryl/α,β-unsaturated/α-hetero) is 1. The first-order chi connectivity index (χ1) is 7.51. The second kappa shape index (κ2) is 3.07. The molecule has 1 fully saturated rings. The molecular weight excluding hydrogens is 200 g/mol. The third-order valence-corrected chi connectivity index (χ3v) is 4.38. The summed E-state index contributed by atoms with van der Waals surface area (Å²) in [6.45, 7) is 6.43. The third kappa shape index (κ3) is 1.20. The molecule has 0 aromatic carbocycles. The van der Waals surface area contributed by atoms with Crippen molar-refractivity contribution in [2.75, 3.05) is 0 Å². The van der Waals surface area contributed by atoms with E-state index < -0.39 is 0 Å². The lowest BCUT2D eigenvalue weighted by molar-refractivity contribution is -0.135. The topological polar surface area (TPSA) is 26.3 Å². The standard InChI is InChI=1S/C14H18O2/c1-8(2)9-6-11-10-4-5-14(11,3)16-12(7-9)13(10)15/h12H,4-7H2,1-3H3/t12?,14-/m1/s1. The second-order valence-corrected chi connectivity index (χ2v) is 5.64. The van der Waals surface area contributed by atoms with E-state index in [0.29, 0.717) is 0 Å². The molecule has 1 saturated heterocycles. The molecule has 0 aromatic rings. The van der Waals surface area contributed by atoms with Crippen molar-refractivity contribution in [1.82, 2.24) is 0 Å². The number of rotatable bonds is 0. The number of carbonyl (C=O) groups excluding carboxylic acids is 1. The van der Waals surface area contributed by atoms with E-state index in [4.69, 9.17) is 4.74 Å². The van der Waals surface area contributed by atoms with Gasteiger partial charge in [-0.3, -0.25) is 4.79 Å². The van der Waals surface area contributed by atoms with Crippen molar-refractivity contribution in [1.29, 1.82) is 0 Å². The van der Waals surface area contributed by atoms with Gasteiger partial charge < -0.3 is 4.74 Å². The van der Waals surface area contributed by atoms with E-state index in [1.807, 2.05) is 0 Å². The van der Waals surface area contributed by atoms with Gasteiger partial charge in [-0.15, -0.1) is 0 Å².